The molecule has 25 heavy (non-hydrogen) atoms. The molecule has 1 amide bonds. The van der Waals surface area contributed by atoms with E-state index in [1.807, 2.05) is 48.5 Å². The van der Waals surface area contributed by atoms with Crippen molar-refractivity contribution in [1.29, 1.82) is 0 Å². The molecule has 3 rings (SSSR count). The number of rotatable bonds is 4. The summed E-state index contributed by atoms with van der Waals surface area (Å²) in [5.74, 6) is -0.671. The lowest BCUT2D eigenvalue weighted by Crippen LogP contribution is -2.37. The number of carbonyl (C=O) groups excluding carboxylic acids is 2. The minimum Gasteiger partial charge on any atom is -0.465 e. The van der Waals surface area contributed by atoms with Crippen LogP contribution in [0.15, 0.2) is 58.0 Å². The van der Waals surface area contributed by atoms with E-state index in [2.05, 4.69) is 20.9 Å². The molecule has 0 spiro atoms. The maximum absolute atomic E-state index is 12.6. The summed E-state index contributed by atoms with van der Waals surface area (Å²) in [5, 5.41) is 0. The van der Waals surface area contributed by atoms with Crippen LogP contribution in [-0.2, 0) is 14.3 Å². The van der Waals surface area contributed by atoms with Crippen LogP contribution in [0.1, 0.15) is 18.1 Å². The van der Waals surface area contributed by atoms with E-state index in [1.54, 1.807) is 6.92 Å². The molecule has 0 aromatic heterocycles. The molecule has 0 atom stereocenters. The van der Waals surface area contributed by atoms with Gasteiger partial charge in [-0.15, -0.1) is 0 Å². The van der Waals surface area contributed by atoms with E-state index in [4.69, 9.17) is 4.74 Å². The summed E-state index contributed by atoms with van der Waals surface area (Å²) in [6.07, 6.45) is 0. The molecular weight excluding hydrogens is 384 g/mol. The highest BCUT2D eigenvalue weighted by atomic mass is 79.9. The van der Waals surface area contributed by atoms with Gasteiger partial charge in [0, 0.05) is 15.6 Å². The number of benzene rings is 2. The van der Waals surface area contributed by atoms with Crippen molar-refractivity contribution in [2.75, 3.05) is 24.6 Å². The van der Waals surface area contributed by atoms with Gasteiger partial charge in [-0.1, -0.05) is 46.3 Å². The van der Waals surface area contributed by atoms with Gasteiger partial charge in [0.1, 0.15) is 13.1 Å². The monoisotopic (exact) mass is 400 g/mol. The van der Waals surface area contributed by atoms with E-state index >= 15 is 0 Å². The topological polar surface area (TPSA) is 59.0 Å². The summed E-state index contributed by atoms with van der Waals surface area (Å²) in [6.45, 7) is 1.87. The number of nitrogens with zero attached hydrogens (tertiary/aromatic N) is 2. The molecule has 0 aliphatic carbocycles. The van der Waals surface area contributed by atoms with Gasteiger partial charge in [-0.2, -0.15) is 0 Å². The molecule has 128 valence electrons. The van der Waals surface area contributed by atoms with Crippen LogP contribution in [0, 0.1) is 0 Å². The van der Waals surface area contributed by atoms with E-state index in [0.29, 0.717) is 5.69 Å². The number of carbonyl (C=O) groups is 2. The zero-order chi connectivity index (χ0) is 17.8. The van der Waals surface area contributed by atoms with Crippen LogP contribution in [-0.4, -0.2) is 37.3 Å². The highest BCUT2D eigenvalue weighted by Crippen LogP contribution is 2.29. The number of fused-ring (bicyclic) bond motifs is 1. The first-order chi connectivity index (χ1) is 12.1. The van der Waals surface area contributed by atoms with Crippen molar-refractivity contribution < 1.29 is 14.3 Å². The molecule has 2 aromatic carbocycles. The van der Waals surface area contributed by atoms with Crippen LogP contribution in [0.2, 0.25) is 0 Å². The quantitative estimate of drug-likeness (QED) is 0.740. The van der Waals surface area contributed by atoms with Crippen LogP contribution in [0.5, 0.6) is 0 Å². The molecule has 6 heteroatoms. The average molecular weight is 401 g/mol. The Labute approximate surface area is 154 Å². The van der Waals surface area contributed by atoms with Gasteiger partial charge in [-0.3, -0.25) is 19.5 Å². The molecule has 0 saturated heterocycles. The van der Waals surface area contributed by atoms with E-state index in [-0.39, 0.29) is 25.6 Å². The third-order valence-electron chi connectivity index (χ3n) is 3.82. The van der Waals surface area contributed by atoms with E-state index in [1.165, 1.54) is 4.90 Å². The third kappa shape index (κ3) is 3.79. The zero-order valence-electron chi connectivity index (χ0n) is 13.7. The van der Waals surface area contributed by atoms with Gasteiger partial charge in [-0.25, -0.2) is 0 Å². The third-order valence-corrected chi connectivity index (χ3v) is 4.31. The summed E-state index contributed by atoms with van der Waals surface area (Å²) in [7, 11) is 0. The summed E-state index contributed by atoms with van der Waals surface area (Å²) >= 11 is 3.48. The summed E-state index contributed by atoms with van der Waals surface area (Å²) in [4.78, 5) is 30.5. The summed E-state index contributed by atoms with van der Waals surface area (Å²) < 4.78 is 5.88. The Morgan fingerprint density at radius 1 is 1.24 bits per heavy atom. The molecule has 1 aliphatic heterocycles. The first kappa shape index (κ1) is 17.4. The number of hydrogen-bond donors (Lipinski definition) is 0. The average Bonchev–Trinajstić information content (AvgIpc) is 2.73. The highest BCUT2D eigenvalue weighted by molar-refractivity contribution is 9.10. The number of amides is 1. The zero-order valence-corrected chi connectivity index (χ0v) is 15.3. The second-order valence-corrected chi connectivity index (χ2v) is 6.39. The maximum Gasteiger partial charge on any atom is 0.326 e. The molecule has 0 radical (unpaired) electrons. The molecule has 0 unspecified atom stereocenters. The van der Waals surface area contributed by atoms with Crippen molar-refractivity contribution >= 4 is 39.2 Å². The van der Waals surface area contributed by atoms with E-state index in [0.717, 1.165) is 21.3 Å². The number of benzodiazepines with no additional fused rings is 1. The molecular formula is C19H17BrN2O3. The fourth-order valence-corrected chi connectivity index (χ4v) is 3.10. The van der Waals surface area contributed by atoms with Crippen molar-refractivity contribution in [3.05, 3.63) is 64.1 Å². The number of anilines is 1. The van der Waals surface area contributed by atoms with Crippen LogP contribution >= 0.6 is 15.9 Å². The number of hydrogen-bond acceptors (Lipinski definition) is 4. The highest BCUT2D eigenvalue weighted by Gasteiger charge is 2.27. The molecule has 0 fully saturated rings. The van der Waals surface area contributed by atoms with Crippen molar-refractivity contribution in [1.82, 2.24) is 0 Å². The minimum absolute atomic E-state index is 0.0179. The van der Waals surface area contributed by atoms with Crippen LogP contribution in [0.4, 0.5) is 5.69 Å². The first-order valence-corrected chi connectivity index (χ1v) is 8.75. The molecule has 5 nitrogen and oxygen atoms in total. The predicted molar refractivity (Wildman–Crippen MR) is 100 cm³/mol. The second-order valence-electron chi connectivity index (χ2n) is 5.48. The Bertz CT molecular complexity index is 834. The Kier molecular flexibility index (Phi) is 5.28. The molecule has 0 bridgehead atoms. The lowest BCUT2D eigenvalue weighted by molar-refractivity contribution is -0.142. The normalized spacial score (nSPS) is 13.8. The van der Waals surface area contributed by atoms with Crippen LogP contribution in [0.25, 0.3) is 0 Å². The molecule has 0 N–H and O–H groups in total. The lowest BCUT2D eigenvalue weighted by Gasteiger charge is -2.22. The Morgan fingerprint density at radius 3 is 2.72 bits per heavy atom. The summed E-state index contributed by atoms with van der Waals surface area (Å²) in [6, 6.07) is 15.3. The fourth-order valence-electron chi connectivity index (χ4n) is 2.74. The van der Waals surface area contributed by atoms with Gasteiger partial charge in [0.05, 0.1) is 18.0 Å². The number of esters is 1. The van der Waals surface area contributed by atoms with Gasteiger partial charge < -0.3 is 4.74 Å². The van der Waals surface area contributed by atoms with Crippen molar-refractivity contribution in [3.8, 4) is 0 Å². The van der Waals surface area contributed by atoms with E-state index in [9.17, 15) is 9.59 Å². The van der Waals surface area contributed by atoms with Crippen molar-refractivity contribution in [3.63, 3.8) is 0 Å². The van der Waals surface area contributed by atoms with Gasteiger partial charge in [-0.05, 0) is 25.1 Å². The number of halogens is 1. The van der Waals surface area contributed by atoms with Crippen molar-refractivity contribution in [2.45, 2.75) is 6.92 Å². The fraction of sp³-hybridized carbons (Fsp3) is 0.211. The van der Waals surface area contributed by atoms with Crippen LogP contribution in [0.3, 0.4) is 0 Å². The number of aliphatic imine (C=N–C) groups is 1. The Balaban J connectivity index is 2.08. The minimum atomic E-state index is -0.437. The Hall–Kier alpha value is -2.47. The maximum atomic E-state index is 12.6. The SMILES string of the molecule is CCOC(=O)CN1C(=O)CN=C(c2ccccc2)c2cc(Br)ccc21. The molecule has 2 aromatic rings. The molecule has 0 saturated carbocycles. The van der Waals surface area contributed by atoms with Gasteiger partial charge >= 0.3 is 5.97 Å². The van der Waals surface area contributed by atoms with Gasteiger partial charge in [0.2, 0.25) is 5.91 Å². The number of ether oxygens (including phenoxy) is 1. The van der Waals surface area contributed by atoms with Crippen molar-refractivity contribution in [2.24, 2.45) is 4.99 Å². The molecule has 1 aliphatic rings. The second kappa shape index (κ2) is 7.61. The smallest absolute Gasteiger partial charge is 0.326 e. The standard InChI is InChI=1S/C19H17BrN2O3/c1-2-25-18(24)12-22-16-9-8-14(20)10-15(16)19(21-11-17(22)23)13-6-4-3-5-7-13/h3-10H,2,11-12H2,1H3. The van der Waals surface area contributed by atoms with Crippen LogP contribution < -0.4 is 4.90 Å². The summed E-state index contributed by atoms with van der Waals surface area (Å²) in [5.41, 5.74) is 3.11. The lowest BCUT2D eigenvalue weighted by atomic mass is 10.0. The van der Waals surface area contributed by atoms with Gasteiger partial charge in [0.15, 0.2) is 0 Å². The largest absolute Gasteiger partial charge is 0.465 e. The predicted octanol–water partition coefficient (Wildman–Crippen LogP) is 3.20. The molecule has 1 heterocycles. The van der Waals surface area contributed by atoms with Gasteiger partial charge in [0.25, 0.3) is 0 Å². The van der Waals surface area contributed by atoms with E-state index < -0.39 is 5.97 Å². The Morgan fingerprint density at radius 2 is 2.00 bits per heavy atom. The first-order valence-electron chi connectivity index (χ1n) is 7.96.